The molecular weight excluding hydrogens is 268 g/mol. The first-order chi connectivity index (χ1) is 9.13. The molecule has 8 heteroatoms. The van der Waals surface area contributed by atoms with Crippen molar-refractivity contribution in [2.24, 2.45) is 0 Å². The zero-order valence-corrected chi connectivity index (χ0v) is 11.3. The van der Waals surface area contributed by atoms with Crippen LogP contribution in [-0.2, 0) is 6.54 Å². The van der Waals surface area contributed by atoms with Gasteiger partial charge in [0.25, 0.3) is 0 Å². The largest absolute Gasteiger partial charge is 0.461 e. The van der Waals surface area contributed by atoms with Crippen LogP contribution in [0.1, 0.15) is 19.5 Å². The average molecular weight is 281 g/mol. The lowest BCUT2D eigenvalue weighted by atomic mass is 10.4. The Morgan fingerprint density at radius 3 is 2.84 bits per heavy atom. The summed E-state index contributed by atoms with van der Waals surface area (Å²) in [7, 11) is 0. The number of rotatable bonds is 5. The average Bonchev–Trinajstić information content (AvgIpc) is 2.36. The normalized spacial score (nSPS) is 10.5. The molecule has 2 aromatic rings. The van der Waals surface area contributed by atoms with Crippen molar-refractivity contribution in [3.8, 4) is 6.01 Å². The number of hydrogen-bond donors (Lipinski definition) is 1. The highest BCUT2D eigenvalue weighted by atomic mass is 35.5. The lowest BCUT2D eigenvalue weighted by molar-refractivity contribution is 0.222. The van der Waals surface area contributed by atoms with E-state index in [2.05, 4.69) is 30.2 Å². The quantitative estimate of drug-likeness (QED) is 0.892. The molecule has 0 unspecified atom stereocenters. The molecule has 2 rings (SSSR count). The first-order valence-electron chi connectivity index (χ1n) is 5.70. The maximum Gasteiger partial charge on any atom is 0.322 e. The van der Waals surface area contributed by atoms with Gasteiger partial charge >= 0.3 is 6.01 Å². The topological polar surface area (TPSA) is 85.7 Å². The van der Waals surface area contributed by atoms with Crippen molar-refractivity contribution >= 4 is 17.5 Å². The summed E-state index contributed by atoms with van der Waals surface area (Å²) >= 11 is 5.81. The first-order valence-corrected chi connectivity index (χ1v) is 6.08. The van der Waals surface area contributed by atoms with E-state index in [1.54, 1.807) is 12.3 Å². The molecule has 0 spiro atoms. The first kappa shape index (κ1) is 13.4. The van der Waals surface area contributed by atoms with Crippen LogP contribution in [0, 0.1) is 0 Å². The molecule has 0 radical (unpaired) electrons. The van der Waals surface area contributed by atoms with Gasteiger partial charge in [-0.25, -0.2) is 9.97 Å². The number of anilines is 1. The van der Waals surface area contributed by atoms with E-state index in [0.29, 0.717) is 12.5 Å². The van der Waals surface area contributed by atoms with Gasteiger partial charge in [-0.15, -0.1) is 0 Å². The summed E-state index contributed by atoms with van der Waals surface area (Å²) in [6.07, 6.45) is 3.11. The van der Waals surface area contributed by atoms with Crippen LogP contribution in [0.15, 0.2) is 18.6 Å². The van der Waals surface area contributed by atoms with Gasteiger partial charge in [-0.2, -0.15) is 15.0 Å². The molecule has 0 saturated carbocycles. The number of ether oxygens (including phenoxy) is 1. The van der Waals surface area contributed by atoms with Crippen molar-refractivity contribution in [2.75, 3.05) is 5.32 Å². The Bertz CT molecular complexity index is 536. The van der Waals surface area contributed by atoms with Crippen molar-refractivity contribution in [3.05, 3.63) is 29.6 Å². The molecule has 1 N–H and O–H groups in total. The molecule has 0 saturated heterocycles. The van der Waals surface area contributed by atoms with Crippen LogP contribution in [-0.4, -0.2) is 31.0 Å². The van der Waals surface area contributed by atoms with Crippen LogP contribution in [0.25, 0.3) is 0 Å². The van der Waals surface area contributed by atoms with Gasteiger partial charge in [-0.3, -0.25) is 0 Å². The van der Waals surface area contributed by atoms with Gasteiger partial charge in [0.2, 0.25) is 11.2 Å². The number of halogens is 1. The molecule has 7 nitrogen and oxygen atoms in total. The second kappa shape index (κ2) is 6.24. The van der Waals surface area contributed by atoms with E-state index >= 15 is 0 Å². The number of nitrogens with zero attached hydrogens (tertiary/aromatic N) is 5. The van der Waals surface area contributed by atoms with E-state index in [0.717, 1.165) is 5.69 Å². The summed E-state index contributed by atoms with van der Waals surface area (Å²) in [5, 5.41) is 3.08. The minimum absolute atomic E-state index is 0.0341. The molecule has 0 atom stereocenters. The van der Waals surface area contributed by atoms with Crippen LogP contribution in [0.2, 0.25) is 5.28 Å². The van der Waals surface area contributed by atoms with Crippen LogP contribution in [0.4, 0.5) is 5.95 Å². The molecule has 0 aromatic carbocycles. The highest BCUT2D eigenvalue weighted by Gasteiger charge is 2.07. The van der Waals surface area contributed by atoms with Gasteiger partial charge < -0.3 is 10.1 Å². The molecule has 0 aliphatic heterocycles. The zero-order valence-electron chi connectivity index (χ0n) is 10.5. The van der Waals surface area contributed by atoms with Gasteiger partial charge in [0, 0.05) is 6.20 Å². The highest BCUT2D eigenvalue weighted by molar-refractivity contribution is 6.28. The Labute approximate surface area is 115 Å². The fraction of sp³-hybridized carbons (Fsp3) is 0.364. The predicted molar refractivity (Wildman–Crippen MR) is 70.0 cm³/mol. The Morgan fingerprint density at radius 1 is 1.32 bits per heavy atom. The molecular formula is C11H13ClN6O. The molecule has 0 aliphatic carbocycles. The highest BCUT2D eigenvalue weighted by Crippen LogP contribution is 2.13. The third-order valence-electron chi connectivity index (χ3n) is 2.00. The lowest BCUT2D eigenvalue weighted by Crippen LogP contribution is -2.11. The van der Waals surface area contributed by atoms with Gasteiger partial charge in [0.05, 0.1) is 18.3 Å². The Kier molecular flexibility index (Phi) is 4.40. The van der Waals surface area contributed by atoms with E-state index in [9.17, 15) is 0 Å². The second-order valence-corrected chi connectivity index (χ2v) is 4.27. The Balaban J connectivity index is 2.05. The van der Waals surface area contributed by atoms with E-state index in [4.69, 9.17) is 16.3 Å². The second-order valence-electron chi connectivity index (χ2n) is 3.93. The molecule has 2 aromatic heterocycles. The molecule has 19 heavy (non-hydrogen) atoms. The molecule has 2 heterocycles. The summed E-state index contributed by atoms with van der Waals surface area (Å²) in [5.74, 6) is 0.342. The number of nitrogens with one attached hydrogen (secondary N) is 1. The van der Waals surface area contributed by atoms with Crippen LogP contribution in [0.3, 0.4) is 0 Å². The van der Waals surface area contributed by atoms with E-state index in [1.807, 2.05) is 13.8 Å². The molecule has 0 amide bonds. The molecule has 0 bridgehead atoms. The van der Waals surface area contributed by atoms with E-state index < -0.39 is 0 Å². The number of aromatic nitrogens is 5. The number of hydrogen-bond acceptors (Lipinski definition) is 7. The predicted octanol–water partition coefficient (Wildman–Crippen LogP) is 1.71. The molecule has 100 valence electrons. The lowest BCUT2D eigenvalue weighted by Gasteiger charge is -2.09. The molecule has 0 aliphatic rings. The summed E-state index contributed by atoms with van der Waals surface area (Å²) in [4.78, 5) is 19.9. The van der Waals surface area contributed by atoms with Crippen LogP contribution >= 0.6 is 11.6 Å². The van der Waals surface area contributed by atoms with Crippen molar-refractivity contribution < 1.29 is 4.74 Å². The minimum atomic E-state index is -0.0341. The molecule has 0 fully saturated rings. The van der Waals surface area contributed by atoms with Crippen molar-refractivity contribution in [3.63, 3.8) is 0 Å². The van der Waals surface area contributed by atoms with Gasteiger partial charge in [0.15, 0.2) is 0 Å². The standard InChI is InChI=1S/C11H13ClN6O/c1-7(2)19-11-17-9(12)16-10(18-11)14-5-8-3-4-13-6-15-8/h3-4,6-7H,5H2,1-2H3,(H,14,16,17,18). The zero-order chi connectivity index (χ0) is 13.7. The van der Waals surface area contributed by atoms with Crippen molar-refractivity contribution in [1.82, 2.24) is 24.9 Å². The Hall–Kier alpha value is -2.02. The van der Waals surface area contributed by atoms with Gasteiger partial charge in [-0.05, 0) is 31.5 Å². The van der Waals surface area contributed by atoms with Crippen molar-refractivity contribution in [1.29, 1.82) is 0 Å². The smallest absolute Gasteiger partial charge is 0.322 e. The van der Waals surface area contributed by atoms with Crippen LogP contribution < -0.4 is 10.1 Å². The summed E-state index contributed by atoms with van der Waals surface area (Å²) in [6, 6.07) is 1.99. The van der Waals surface area contributed by atoms with Crippen LogP contribution in [0.5, 0.6) is 6.01 Å². The van der Waals surface area contributed by atoms with Gasteiger partial charge in [-0.1, -0.05) is 0 Å². The third kappa shape index (κ3) is 4.29. The summed E-state index contributed by atoms with van der Waals surface area (Å²) < 4.78 is 5.38. The third-order valence-corrected chi connectivity index (χ3v) is 2.17. The fourth-order valence-corrected chi connectivity index (χ4v) is 1.42. The van der Waals surface area contributed by atoms with Gasteiger partial charge in [0.1, 0.15) is 6.33 Å². The van der Waals surface area contributed by atoms with E-state index in [-0.39, 0.29) is 17.4 Å². The van der Waals surface area contributed by atoms with E-state index in [1.165, 1.54) is 6.33 Å². The minimum Gasteiger partial charge on any atom is -0.461 e. The summed E-state index contributed by atoms with van der Waals surface area (Å²) in [6.45, 7) is 4.22. The summed E-state index contributed by atoms with van der Waals surface area (Å²) in [5.41, 5.74) is 0.817. The Morgan fingerprint density at radius 2 is 2.16 bits per heavy atom. The maximum absolute atomic E-state index is 5.81. The maximum atomic E-state index is 5.81. The monoisotopic (exact) mass is 280 g/mol. The SMILES string of the molecule is CC(C)Oc1nc(Cl)nc(NCc2ccncn2)n1. The fourth-order valence-electron chi connectivity index (χ4n) is 1.27. The van der Waals surface area contributed by atoms with Crippen molar-refractivity contribution in [2.45, 2.75) is 26.5 Å².